The van der Waals surface area contributed by atoms with Crippen molar-refractivity contribution in [2.24, 2.45) is 5.73 Å². The summed E-state index contributed by atoms with van der Waals surface area (Å²) in [7, 11) is 0. The van der Waals surface area contributed by atoms with Gasteiger partial charge in [0.1, 0.15) is 0 Å². The molecule has 1 atom stereocenters. The Hall–Kier alpha value is -1.06. The van der Waals surface area contributed by atoms with Crippen molar-refractivity contribution in [3.63, 3.8) is 0 Å². The van der Waals surface area contributed by atoms with Crippen LogP contribution in [-0.4, -0.2) is 11.7 Å². The molecule has 3 nitrogen and oxygen atoms in total. The molecule has 0 bridgehead atoms. The summed E-state index contributed by atoms with van der Waals surface area (Å²) in [5.74, 6) is 0. The monoisotopic (exact) mass is 194 g/mol. The molecular formula is C11H18N2O. The maximum atomic E-state index is 8.91. The Kier molecular flexibility index (Phi) is 3.13. The fourth-order valence-corrected chi connectivity index (χ4v) is 1.64. The number of hydrogen-bond donors (Lipinski definition) is 3. The standard InChI is InChI=1S/C11H18N2O/c1-8-9(4-3-5-10(8)12)11(2,13)6-7-14/h3-5,14H,6-7,12-13H2,1-2H3/t11-/m1/s1. The van der Waals surface area contributed by atoms with Crippen molar-refractivity contribution in [1.82, 2.24) is 0 Å². The first-order valence-electron chi connectivity index (χ1n) is 4.74. The zero-order valence-corrected chi connectivity index (χ0v) is 8.75. The predicted molar refractivity (Wildman–Crippen MR) is 58.8 cm³/mol. The molecule has 1 aromatic carbocycles. The molecule has 0 heterocycles. The molecule has 1 aromatic rings. The first-order chi connectivity index (χ1) is 6.49. The van der Waals surface area contributed by atoms with Crippen LogP contribution in [0, 0.1) is 6.92 Å². The Morgan fingerprint density at radius 1 is 1.43 bits per heavy atom. The summed E-state index contributed by atoms with van der Waals surface area (Å²) >= 11 is 0. The highest BCUT2D eigenvalue weighted by atomic mass is 16.3. The smallest absolute Gasteiger partial charge is 0.0451 e. The van der Waals surface area contributed by atoms with Crippen LogP contribution in [0.1, 0.15) is 24.5 Å². The fourth-order valence-electron chi connectivity index (χ4n) is 1.64. The lowest BCUT2D eigenvalue weighted by Crippen LogP contribution is -2.35. The van der Waals surface area contributed by atoms with E-state index in [0.717, 1.165) is 16.8 Å². The van der Waals surface area contributed by atoms with Crippen molar-refractivity contribution in [1.29, 1.82) is 0 Å². The molecule has 0 aliphatic heterocycles. The summed E-state index contributed by atoms with van der Waals surface area (Å²) < 4.78 is 0. The molecule has 0 amide bonds. The molecule has 0 aliphatic rings. The highest BCUT2D eigenvalue weighted by molar-refractivity contribution is 5.51. The molecule has 0 fully saturated rings. The first-order valence-corrected chi connectivity index (χ1v) is 4.74. The van der Waals surface area contributed by atoms with Gasteiger partial charge in [-0.2, -0.15) is 0 Å². The first kappa shape index (κ1) is 11.0. The number of nitrogen functional groups attached to an aromatic ring is 1. The number of hydrogen-bond acceptors (Lipinski definition) is 3. The lowest BCUT2D eigenvalue weighted by atomic mass is 9.86. The third-order valence-corrected chi connectivity index (χ3v) is 2.62. The summed E-state index contributed by atoms with van der Waals surface area (Å²) in [5.41, 5.74) is 14.2. The molecular weight excluding hydrogens is 176 g/mol. The number of anilines is 1. The van der Waals surface area contributed by atoms with Gasteiger partial charge in [-0.15, -0.1) is 0 Å². The molecule has 0 spiro atoms. The summed E-state index contributed by atoms with van der Waals surface area (Å²) in [6, 6.07) is 5.70. The Morgan fingerprint density at radius 3 is 2.64 bits per heavy atom. The van der Waals surface area contributed by atoms with Crippen molar-refractivity contribution < 1.29 is 5.11 Å². The fraction of sp³-hybridized carbons (Fsp3) is 0.455. The van der Waals surface area contributed by atoms with Gasteiger partial charge in [-0.05, 0) is 37.5 Å². The molecule has 5 N–H and O–H groups in total. The van der Waals surface area contributed by atoms with E-state index < -0.39 is 5.54 Å². The van der Waals surface area contributed by atoms with Gasteiger partial charge in [-0.3, -0.25) is 0 Å². The Labute approximate surface area is 84.7 Å². The van der Waals surface area contributed by atoms with Crippen LogP contribution in [0.25, 0.3) is 0 Å². The lowest BCUT2D eigenvalue weighted by Gasteiger charge is -2.26. The van der Waals surface area contributed by atoms with Crippen LogP contribution in [-0.2, 0) is 5.54 Å². The van der Waals surface area contributed by atoms with Crippen LogP contribution in [0.3, 0.4) is 0 Å². The zero-order valence-electron chi connectivity index (χ0n) is 8.75. The van der Waals surface area contributed by atoms with E-state index in [0.29, 0.717) is 6.42 Å². The Bertz CT molecular complexity index is 321. The van der Waals surface area contributed by atoms with Crippen molar-refractivity contribution in [3.05, 3.63) is 29.3 Å². The van der Waals surface area contributed by atoms with Gasteiger partial charge in [0.25, 0.3) is 0 Å². The lowest BCUT2D eigenvalue weighted by molar-refractivity contribution is 0.247. The van der Waals surface area contributed by atoms with Gasteiger partial charge in [-0.1, -0.05) is 12.1 Å². The highest BCUT2D eigenvalue weighted by Crippen LogP contribution is 2.27. The van der Waals surface area contributed by atoms with Crippen LogP contribution in [0.5, 0.6) is 0 Å². The molecule has 78 valence electrons. The van der Waals surface area contributed by atoms with Gasteiger partial charge in [0.2, 0.25) is 0 Å². The van der Waals surface area contributed by atoms with Gasteiger partial charge < -0.3 is 16.6 Å². The number of benzene rings is 1. The molecule has 0 aliphatic carbocycles. The summed E-state index contributed by atoms with van der Waals surface area (Å²) in [4.78, 5) is 0. The van der Waals surface area contributed by atoms with Gasteiger partial charge in [-0.25, -0.2) is 0 Å². The molecule has 0 saturated heterocycles. The molecule has 0 aromatic heterocycles. The SMILES string of the molecule is Cc1c(N)cccc1[C@](C)(N)CCO. The summed E-state index contributed by atoms with van der Waals surface area (Å²) in [5, 5.41) is 8.91. The van der Waals surface area contributed by atoms with Crippen molar-refractivity contribution >= 4 is 5.69 Å². The van der Waals surface area contributed by atoms with E-state index >= 15 is 0 Å². The zero-order chi connectivity index (χ0) is 10.8. The third kappa shape index (κ3) is 2.05. The Balaban J connectivity index is 3.12. The minimum Gasteiger partial charge on any atom is -0.399 e. The van der Waals surface area contributed by atoms with Crippen LogP contribution >= 0.6 is 0 Å². The number of aliphatic hydroxyl groups is 1. The maximum absolute atomic E-state index is 8.91. The van der Waals surface area contributed by atoms with Crippen molar-refractivity contribution in [2.75, 3.05) is 12.3 Å². The molecule has 3 heteroatoms. The normalized spacial score (nSPS) is 15.1. The quantitative estimate of drug-likeness (QED) is 0.632. The van der Waals surface area contributed by atoms with Crippen LogP contribution in [0.15, 0.2) is 18.2 Å². The van der Waals surface area contributed by atoms with E-state index in [2.05, 4.69) is 0 Å². The number of nitrogens with two attached hydrogens (primary N) is 2. The second-order valence-electron chi connectivity index (χ2n) is 3.91. The summed E-state index contributed by atoms with van der Waals surface area (Å²) in [6.07, 6.45) is 0.539. The maximum Gasteiger partial charge on any atom is 0.0451 e. The van der Waals surface area contributed by atoms with Gasteiger partial charge in [0.05, 0.1) is 0 Å². The topological polar surface area (TPSA) is 72.3 Å². The van der Waals surface area contributed by atoms with Gasteiger partial charge in [0.15, 0.2) is 0 Å². The van der Waals surface area contributed by atoms with Gasteiger partial charge in [0, 0.05) is 17.8 Å². The van der Waals surface area contributed by atoms with Crippen LogP contribution in [0.2, 0.25) is 0 Å². The second kappa shape index (κ2) is 3.98. The third-order valence-electron chi connectivity index (χ3n) is 2.62. The van der Waals surface area contributed by atoms with Crippen LogP contribution in [0.4, 0.5) is 5.69 Å². The predicted octanol–water partition coefficient (Wildman–Crippen LogP) is 1.13. The molecule has 0 radical (unpaired) electrons. The van der Waals surface area contributed by atoms with E-state index in [4.69, 9.17) is 16.6 Å². The molecule has 0 unspecified atom stereocenters. The second-order valence-corrected chi connectivity index (χ2v) is 3.91. The van der Waals surface area contributed by atoms with E-state index in [-0.39, 0.29) is 6.61 Å². The molecule has 14 heavy (non-hydrogen) atoms. The molecule has 1 rings (SSSR count). The van der Waals surface area contributed by atoms with E-state index in [1.165, 1.54) is 0 Å². The van der Waals surface area contributed by atoms with E-state index in [9.17, 15) is 0 Å². The van der Waals surface area contributed by atoms with Crippen molar-refractivity contribution in [2.45, 2.75) is 25.8 Å². The largest absolute Gasteiger partial charge is 0.399 e. The molecule has 0 saturated carbocycles. The Morgan fingerprint density at radius 2 is 2.07 bits per heavy atom. The van der Waals surface area contributed by atoms with E-state index in [1.54, 1.807) is 0 Å². The van der Waals surface area contributed by atoms with E-state index in [1.807, 2.05) is 32.0 Å². The number of rotatable bonds is 3. The van der Waals surface area contributed by atoms with Gasteiger partial charge >= 0.3 is 0 Å². The van der Waals surface area contributed by atoms with Crippen molar-refractivity contribution in [3.8, 4) is 0 Å². The number of aliphatic hydroxyl groups excluding tert-OH is 1. The highest BCUT2D eigenvalue weighted by Gasteiger charge is 2.22. The van der Waals surface area contributed by atoms with Crippen LogP contribution < -0.4 is 11.5 Å². The minimum absolute atomic E-state index is 0.0846. The average Bonchev–Trinajstić information content (AvgIpc) is 2.09. The average molecular weight is 194 g/mol. The summed E-state index contributed by atoms with van der Waals surface area (Å²) in [6.45, 7) is 3.94. The minimum atomic E-state index is -0.506.